The Morgan fingerprint density at radius 2 is 1.80 bits per heavy atom. The molecular weight excluding hydrogens is 378 g/mol. The molecule has 30 heavy (non-hydrogen) atoms. The molecule has 2 N–H and O–H groups in total. The van der Waals surface area contributed by atoms with Crippen molar-refractivity contribution < 1.29 is 9.90 Å². The Kier molecular flexibility index (Phi) is 4.56. The van der Waals surface area contributed by atoms with Gasteiger partial charge in [0.05, 0.1) is 17.2 Å². The zero-order valence-corrected chi connectivity index (χ0v) is 16.3. The summed E-state index contributed by atoms with van der Waals surface area (Å²) in [6.07, 6.45) is 1.45. The first kappa shape index (κ1) is 18.5. The molecule has 6 nitrogen and oxygen atoms in total. The Morgan fingerprint density at radius 3 is 2.67 bits per heavy atom. The first-order valence-electron chi connectivity index (χ1n) is 10.0. The Bertz CT molecular complexity index is 1310. The average Bonchev–Trinajstić information content (AvgIpc) is 3.14. The lowest BCUT2D eigenvalue weighted by Gasteiger charge is -2.17. The highest BCUT2D eigenvalue weighted by Crippen LogP contribution is 2.25. The Labute approximate surface area is 172 Å². The van der Waals surface area contributed by atoms with Gasteiger partial charge in [0.1, 0.15) is 0 Å². The standard InChI is InChI=1S/C24H21N3O3/c28-22-14-27(24(30)20-12-25-23(29)19-7-3-2-6-18(19)20)13-16(22)11-17-10-9-15-5-1-4-8-21(15)26-17/h1-10,12,16,22,28H,11,13-14H2,(H,25,29)/t16-,22-/m1/s1. The molecule has 0 radical (unpaired) electrons. The number of nitrogens with zero attached hydrogens (tertiary/aromatic N) is 2. The number of rotatable bonds is 3. The zero-order chi connectivity index (χ0) is 20.7. The van der Waals surface area contributed by atoms with Crippen LogP contribution in [-0.4, -0.2) is 45.1 Å². The van der Waals surface area contributed by atoms with Gasteiger partial charge in [0, 0.05) is 47.1 Å². The van der Waals surface area contributed by atoms with Crippen LogP contribution in [-0.2, 0) is 6.42 Å². The van der Waals surface area contributed by atoms with Gasteiger partial charge < -0.3 is 15.0 Å². The van der Waals surface area contributed by atoms with Gasteiger partial charge in [0.25, 0.3) is 11.5 Å². The number of nitrogens with one attached hydrogen (secondary N) is 1. The molecule has 0 bridgehead atoms. The molecule has 4 aromatic rings. The highest BCUT2D eigenvalue weighted by Gasteiger charge is 2.35. The molecule has 0 aliphatic carbocycles. The predicted octanol–water partition coefficient (Wildman–Crippen LogP) is 2.75. The Morgan fingerprint density at radius 1 is 1.03 bits per heavy atom. The first-order chi connectivity index (χ1) is 14.6. The van der Waals surface area contributed by atoms with E-state index in [0.29, 0.717) is 29.3 Å². The fourth-order valence-corrected chi connectivity index (χ4v) is 4.27. The van der Waals surface area contributed by atoms with Gasteiger partial charge in [-0.2, -0.15) is 0 Å². The number of benzene rings is 2. The second kappa shape index (κ2) is 7.39. The fraction of sp³-hybridized carbons (Fsp3) is 0.208. The molecular formula is C24H21N3O3. The number of fused-ring (bicyclic) bond motifs is 2. The van der Waals surface area contributed by atoms with Crippen molar-refractivity contribution in [1.29, 1.82) is 0 Å². The number of amides is 1. The topological polar surface area (TPSA) is 86.3 Å². The predicted molar refractivity (Wildman–Crippen MR) is 115 cm³/mol. The lowest BCUT2D eigenvalue weighted by Crippen LogP contribution is -2.30. The number of para-hydroxylation sites is 1. The van der Waals surface area contributed by atoms with Gasteiger partial charge in [-0.1, -0.05) is 42.5 Å². The van der Waals surface area contributed by atoms with Gasteiger partial charge >= 0.3 is 0 Å². The molecule has 0 unspecified atom stereocenters. The van der Waals surface area contributed by atoms with Gasteiger partial charge in [-0.25, -0.2) is 0 Å². The van der Waals surface area contributed by atoms with Gasteiger partial charge in [-0.3, -0.25) is 14.6 Å². The van der Waals surface area contributed by atoms with Crippen LogP contribution in [0.25, 0.3) is 21.7 Å². The van der Waals surface area contributed by atoms with E-state index in [0.717, 1.165) is 16.6 Å². The number of carbonyl (C=O) groups excluding carboxylic acids is 1. The number of likely N-dealkylation sites (tertiary alicyclic amines) is 1. The number of H-pyrrole nitrogens is 1. The third kappa shape index (κ3) is 3.25. The summed E-state index contributed by atoms with van der Waals surface area (Å²) in [4.78, 5) is 34.2. The molecule has 6 heteroatoms. The molecule has 1 amide bonds. The van der Waals surface area contributed by atoms with Crippen LogP contribution >= 0.6 is 0 Å². The first-order valence-corrected chi connectivity index (χ1v) is 10.0. The van der Waals surface area contributed by atoms with Crippen LogP contribution in [0.1, 0.15) is 16.1 Å². The van der Waals surface area contributed by atoms with Crippen LogP contribution in [0, 0.1) is 5.92 Å². The number of aliphatic hydroxyl groups excluding tert-OH is 1. The quantitative estimate of drug-likeness (QED) is 0.555. The smallest absolute Gasteiger partial charge is 0.256 e. The average molecular weight is 399 g/mol. The third-order valence-electron chi connectivity index (χ3n) is 5.86. The minimum Gasteiger partial charge on any atom is -0.391 e. The monoisotopic (exact) mass is 399 g/mol. The third-order valence-corrected chi connectivity index (χ3v) is 5.86. The lowest BCUT2D eigenvalue weighted by atomic mass is 9.99. The molecule has 0 saturated carbocycles. The largest absolute Gasteiger partial charge is 0.391 e. The SMILES string of the molecule is O=C(c1c[nH]c(=O)c2ccccc12)N1C[C@@H](Cc2ccc3ccccc3n2)[C@H](O)C1. The van der Waals surface area contributed by atoms with E-state index in [9.17, 15) is 14.7 Å². The Balaban J connectivity index is 1.38. The van der Waals surface area contributed by atoms with E-state index in [1.807, 2.05) is 42.5 Å². The molecule has 2 aromatic carbocycles. The van der Waals surface area contributed by atoms with E-state index in [4.69, 9.17) is 4.98 Å². The number of hydrogen-bond acceptors (Lipinski definition) is 4. The van der Waals surface area contributed by atoms with Gasteiger partial charge in [0.2, 0.25) is 0 Å². The summed E-state index contributed by atoms with van der Waals surface area (Å²) in [6, 6.07) is 19.0. The summed E-state index contributed by atoms with van der Waals surface area (Å²) in [5.74, 6) is -0.271. The highest BCUT2D eigenvalue weighted by molar-refractivity contribution is 6.06. The molecule has 1 fully saturated rings. The maximum Gasteiger partial charge on any atom is 0.256 e. The van der Waals surface area contributed by atoms with Crippen LogP contribution in [0.15, 0.2) is 71.7 Å². The molecule has 150 valence electrons. The van der Waals surface area contributed by atoms with Crippen molar-refractivity contribution in [2.24, 2.45) is 5.92 Å². The second-order valence-electron chi connectivity index (χ2n) is 7.81. The van der Waals surface area contributed by atoms with Crippen LogP contribution in [0.3, 0.4) is 0 Å². The summed E-state index contributed by atoms with van der Waals surface area (Å²) >= 11 is 0. The van der Waals surface area contributed by atoms with E-state index in [1.54, 1.807) is 23.1 Å². The summed E-state index contributed by atoms with van der Waals surface area (Å²) in [6.45, 7) is 0.715. The maximum atomic E-state index is 13.2. The molecule has 1 aliphatic rings. The van der Waals surface area contributed by atoms with Crippen LogP contribution in [0.5, 0.6) is 0 Å². The number of aliphatic hydroxyl groups is 1. The fourth-order valence-electron chi connectivity index (χ4n) is 4.27. The molecule has 0 spiro atoms. The molecule has 2 atom stereocenters. The van der Waals surface area contributed by atoms with Crippen molar-refractivity contribution in [1.82, 2.24) is 14.9 Å². The van der Waals surface area contributed by atoms with Crippen LogP contribution in [0.4, 0.5) is 0 Å². The number of aromatic amines is 1. The van der Waals surface area contributed by atoms with Crippen molar-refractivity contribution in [3.8, 4) is 0 Å². The van der Waals surface area contributed by atoms with Gasteiger partial charge in [-0.05, 0) is 24.6 Å². The van der Waals surface area contributed by atoms with Crippen molar-refractivity contribution in [3.05, 3.63) is 88.5 Å². The molecule has 5 rings (SSSR count). The minimum absolute atomic E-state index is 0.0864. The number of β-amino-alcohol motifs (C(OH)–C–C–N with tert-alkyl or cyclic N) is 1. The molecule has 1 aliphatic heterocycles. The van der Waals surface area contributed by atoms with Crippen molar-refractivity contribution >= 4 is 27.6 Å². The van der Waals surface area contributed by atoms with E-state index >= 15 is 0 Å². The molecule has 1 saturated heterocycles. The molecule has 3 heterocycles. The van der Waals surface area contributed by atoms with Crippen molar-refractivity contribution in [3.63, 3.8) is 0 Å². The van der Waals surface area contributed by atoms with E-state index in [1.165, 1.54) is 6.20 Å². The van der Waals surface area contributed by atoms with Crippen molar-refractivity contribution in [2.75, 3.05) is 13.1 Å². The van der Waals surface area contributed by atoms with Gasteiger partial charge in [-0.15, -0.1) is 0 Å². The zero-order valence-electron chi connectivity index (χ0n) is 16.3. The minimum atomic E-state index is -0.615. The van der Waals surface area contributed by atoms with Gasteiger partial charge in [0.15, 0.2) is 0 Å². The Hall–Kier alpha value is -3.51. The molecule has 2 aromatic heterocycles. The maximum absolute atomic E-state index is 13.2. The summed E-state index contributed by atoms with van der Waals surface area (Å²) in [7, 11) is 0. The number of carbonyl (C=O) groups is 1. The van der Waals surface area contributed by atoms with E-state index in [-0.39, 0.29) is 23.9 Å². The van der Waals surface area contributed by atoms with Crippen molar-refractivity contribution in [2.45, 2.75) is 12.5 Å². The summed E-state index contributed by atoms with van der Waals surface area (Å²) < 4.78 is 0. The summed E-state index contributed by atoms with van der Waals surface area (Å²) in [5, 5.41) is 12.8. The second-order valence-corrected chi connectivity index (χ2v) is 7.81. The lowest BCUT2D eigenvalue weighted by molar-refractivity contribution is 0.0766. The summed E-state index contributed by atoms with van der Waals surface area (Å²) in [5.41, 5.74) is 2.06. The van der Waals surface area contributed by atoms with E-state index in [2.05, 4.69) is 4.98 Å². The number of hydrogen-bond donors (Lipinski definition) is 2. The van der Waals surface area contributed by atoms with Crippen LogP contribution < -0.4 is 5.56 Å². The van der Waals surface area contributed by atoms with E-state index < -0.39 is 6.10 Å². The number of aromatic nitrogens is 2. The highest BCUT2D eigenvalue weighted by atomic mass is 16.3. The normalized spacial score (nSPS) is 18.9. The number of pyridine rings is 2. The van der Waals surface area contributed by atoms with Crippen LogP contribution in [0.2, 0.25) is 0 Å².